The normalized spacial score (nSPS) is 24.3. The predicted octanol–water partition coefficient (Wildman–Crippen LogP) is 0.706. The van der Waals surface area contributed by atoms with Gasteiger partial charge in [-0.05, 0) is 42.4 Å². The predicted molar refractivity (Wildman–Crippen MR) is 89.5 cm³/mol. The van der Waals surface area contributed by atoms with E-state index < -0.39 is 15.9 Å². The quantitative estimate of drug-likeness (QED) is 0.570. The van der Waals surface area contributed by atoms with Gasteiger partial charge in [0.2, 0.25) is 10.0 Å². The van der Waals surface area contributed by atoms with Crippen molar-refractivity contribution in [2.24, 2.45) is 22.9 Å². The van der Waals surface area contributed by atoms with Crippen molar-refractivity contribution in [1.29, 1.82) is 0 Å². The first kappa shape index (κ1) is 17.6. The van der Waals surface area contributed by atoms with Gasteiger partial charge < -0.3 is 10.1 Å². The molecule has 1 aromatic rings. The molecule has 0 radical (unpaired) electrons. The maximum absolute atomic E-state index is 12.0. The summed E-state index contributed by atoms with van der Waals surface area (Å²) >= 11 is 0. The van der Waals surface area contributed by atoms with Crippen LogP contribution in [0.4, 0.5) is 0 Å². The molecule has 1 fully saturated rings. The van der Waals surface area contributed by atoms with E-state index in [-0.39, 0.29) is 35.9 Å². The zero-order valence-corrected chi connectivity index (χ0v) is 14.4. The fourth-order valence-corrected chi connectivity index (χ4v) is 3.86. The number of rotatable bonds is 6. The van der Waals surface area contributed by atoms with Crippen LogP contribution in [0.25, 0.3) is 0 Å². The van der Waals surface area contributed by atoms with Crippen molar-refractivity contribution in [3.63, 3.8) is 0 Å². The second-order valence-electron chi connectivity index (χ2n) is 6.46. The van der Waals surface area contributed by atoms with Gasteiger partial charge in [-0.15, -0.1) is 0 Å². The Labute approximate surface area is 146 Å². The van der Waals surface area contributed by atoms with Crippen molar-refractivity contribution in [2.75, 3.05) is 6.61 Å². The summed E-state index contributed by atoms with van der Waals surface area (Å²) in [5.41, 5.74) is 0.713. The Kier molecular flexibility index (Phi) is 4.91. The molecule has 2 bridgehead atoms. The molecule has 1 amide bonds. The van der Waals surface area contributed by atoms with Crippen LogP contribution < -0.4 is 10.5 Å². The van der Waals surface area contributed by atoms with Gasteiger partial charge in [0.15, 0.2) is 6.61 Å². The zero-order valence-electron chi connectivity index (χ0n) is 13.6. The maximum Gasteiger partial charge on any atom is 0.310 e. The van der Waals surface area contributed by atoms with Crippen LogP contribution in [0, 0.1) is 17.8 Å². The molecule has 25 heavy (non-hydrogen) atoms. The summed E-state index contributed by atoms with van der Waals surface area (Å²) in [4.78, 5) is 23.9. The molecular weight excluding hydrogens is 344 g/mol. The fourth-order valence-electron chi connectivity index (χ4n) is 3.34. The smallest absolute Gasteiger partial charge is 0.310 e. The Hall–Kier alpha value is -2.19. The van der Waals surface area contributed by atoms with E-state index in [0.29, 0.717) is 11.5 Å². The largest absolute Gasteiger partial charge is 0.455 e. The van der Waals surface area contributed by atoms with Crippen LogP contribution in [-0.4, -0.2) is 26.9 Å². The first-order chi connectivity index (χ1) is 11.8. The lowest BCUT2D eigenvalue weighted by Gasteiger charge is -2.16. The van der Waals surface area contributed by atoms with Crippen LogP contribution in [0.2, 0.25) is 0 Å². The Balaban J connectivity index is 1.42. The van der Waals surface area contributed by atoms with Gasteiger partial charge in [0.1, 0.15) is 0 Å². The molecule has 2 aliphatic carbocycles. The van der Waals surface area contributed by atoms with Gasteiger partial charge in [-0.3, -0.25) is 9.59 Å². The Morgan fingerprint density at radius 1 is 1.16 bits per heavy atom. The third kappa shape index (κ3) is 4.26. The molecule has 0 aromatic heterocycles. The molecule has 8 heteroatoms. The Bertz CT molecular complexity index is 801. The highest BCUT2D eigenvalue weighted by atomic mass is 32.2. The van der Waals surface area contributed by atoms with Gasteiger partial charge in [0, 0.05) is 6.54 Å². The second-order valence-corrected chi connectivity index (χ2v) is 8.02. The highest BCUT2D eigenvalue weighted by Gasteiger charge is 2.40. The molecule has 7 nitrogen and oxygen atoms in total. The number of hydrogen-bond acceptors (Lipinski definition) is 5. The van der Waals surface area contributed by atoms with E-state index in [4.69, 9.17) is 9.88 Å². The van der Waals surface area contributed by atoms with Crippen LogP contribution in [0.1, 0.15) is 18.4 Å². The van der Waals surface area contributed by atoms with Gasteiger partial charge in [0.25, 0.3) is 5.91 Å². The molecule has 134 valence electrons. The standard InChI is InChI=1S/C17H20N2O5S/c18-25(22,23)14-5-2-11(3-6-14)9-19-16(20)10-24-17(21)15-8-12-1-4-13(15)7-12/h1-6,12-13,15H,7-10H2,(H,19,20)(H2,18,22,23)/t12-,13-,15-/m0/s1. The molecule has 0 aliphatic heterocycles. The molecule has 0 heterocycles. The number of ether oxygens (including phenoxy) is 1. The average molecular weight is 364 g/mol. The lowest BCUT2D eigenvalue weighted by Crippen LogP contribution is -2.30. The number of sulfonamides is 1. The summed E-state index contributed by atoms with van der Waals surface area (Å²) in [5.74, 6) is -0.129. The van der Waals surface area contributed by atoms with E-state index in [1.54, 1.807) is 12.1 Å². The van der Waals surface area contributed by atoms with Crippen molar-refractivity contribution in [3.05, 3.63) is 42.0 Å². The van der Waals surface area contributed by atoms with E-state index >= 15 is 0 Å². The number of benzene rings is 1. The molecule has 1 aromatic carbocycles. The Morgan fingerprint density at radius 2 is 1.88 bits per heavy atom. The Morgan fingerprint density at radius 3 is 2.44 bits per heavy atom. The molecule has 3 N–H and O–H groups in total. The number of allylic oxidation sites excluding steroid dienone is 2. The van der Waals surface area contributed by atoms with E-state index in [1.807, 2.05) is 0 Å². The molecular formula is C17H20N2O5S. The summed E-state index contributed by atoms with van der Waals surface area (Å²) in [6.45, 7) is -0.107. The number of carbonyl (C=O) groups is 2. The van der Waals surface area contributed by atoms with E-state index in [9.17, 15) is 18.0 Å². The first-order valence-electron chi connectivity index (χ1n) is 8.06. The van der Waals surface area contributed by atoms with Crippen LogP contribution in [0.5, 0.6) is 0 Å². The van der Waals surface area contributed by atoms with Crippen molar-refractivity contribution < 1.29 is 22.7 Å². The molecule has 3 rings (SSSR count). The number of amides is 1. The van der Waals surface area contributed by atoms with Crippen LogP contribution in [-0.2, 0) is 30.9 Å². The van der Waals surface area contributed by atoms with Crippen LogP contribution in [0.15, 0.2) is 41.3 Å². The number of carbonyl (C=O) groups excluding carboxylic acids is 2. The van der Waals surface area contributed by atoms with Gasteiger partial charge in [-0.1, -0.05) is 24.3 Å². The summed E-state index contributed by atoms with van der Waals surface area (Å²) in [7, 11) is -3.73. The summed E-state index contributed by atoms with van der Waals surface area (Å²) in [6.07, 6.45) is 6.01. The summed E-state index contributed by atoms with van der Waals surface area (Å²) < 4.78 is 27.5. The molecule has 1 saturated carbocycles. The average Bonchev–Trinajstić information content (AvgIpc) is 3.20. The minimum absolute atomic E-state index is 0.0106. The van der Waals surface area contributed by atoms with Crippen LogP contribution in [0.3, 0.4) is 0 Å². The number of nitrogens with one attached hydrogen (secondary N) is 1. The number of fused-ring (bicyclic) bond motifs is 2. The number of primary sulfonamides is 1. The van der Waals surface area contributed by atoms with E-state index in [0.717, 1.165) is 12.8 Å². The molecule has 0 spiro atoms. The number of esters is 1. The highest BCUT2D eigenvalue weighted by molar-refractivity contribution is 7.89. The number of hydrogen-bond donors (Lipinski definition) is 2. The highest BCUT2D eigenvalue weighted by Crippen LogP contribution is 2.43. The first-order valence-corrected chi connectivity index (χ1v) is 9.61. The molecule has 3 atom stereocenters. The third-order valence-corrected chi connectivity index (χ3v) is 5.60. The van der Waals surface area contributed by atoms with Crippen LogP contribution >= 0.6 is 0 Å². The van der Waals surface area contributed by atoms with Crippen molar-refractivity contribution in [2.45, 2.75) is 24.3 Å². The van der Waals surface area contributed by atoms with Gasteiger partial charge in [-0.2, -0.15) is 0 Å². The minimum atomic E-state index is -3.73. The number of nitrogens with two attached hydrogens (primary N) is 1. The van der Waals surface area contributed by atoms with Gasteiger partial charge in [-0.25, -0.2) is 13.6 Å². The topological polar surface area (TPSA) is 116 Å². The van der Waals surface area contributed by atoms with E-state index in [2.05, 4.69) is 17.5 Å². The van der Waals surface area contributed by atoms with Gasteiger partial charge in [0.05, 0.1) is 10.8 Å². The molecule has 2 aliphatic rings. The molecule has 0 unspecified atom stereocenters. The van der Waals surface area contributed by atoms with Crippen molar-refractivity contribution in [1.82, 2.24) is 5.32 Å². The van der Waals surface area contributed by atoms with Gasteiger partial charge >= 0.3 is 5.97 Å². The van der Waals surface area contributed by atoms with Crippen molar-refractivity contribution in [3.8, 4) is 0 Å². The minimum Gasteiger partial charge on any atom is -0.455 e. The lowest BCUT2D eigenvalue weighted by molar-refractivity contribution is -0.153. The SMILES string of the molecule is NS(=O)(=O)c1ccc(CNC(=O)COC(=O)[C@H]2C[C@H]3C=C[C@H]2C3)cc1. The third-order valence-electron chi connectivity index (χ3n) is 4.67. The fraction of sp³-hybridized carbons (Fsp3) is 0.412. The van der Waals surface area contributed by atoms with E-state index in [1.165, 1.54) is 12.1 Å². The zero-order chi connectivity index (χ0) is 18.0. The van der Waals surface area contributed by atoms with Crippen molar-refractivity contribution >= 4 is 21.9 Å². The second kappa shape index (κ2) is 6.97. The molecule has 0 saturated heterocycles. The maximum atomic E-state index is 12.0. The monoisotopic (exact) mass is 364 g/mol. The lowest BCUT2D eigenvalue weighted by atomic mass is 9.94. The summed E-state index contributed by atoms with van der Waals surface area (Å²) in [5, 5.41) is 7.65. The summed E-state index contributed by atoms with van der Waals surface area (Å²) in [6, 6.07) is 5.88.